The molecule has 1 rings (SSSR count). The van der Waals surface area contributed by atoms with Gasteiger partial charge in [0, 0.05) is 18.0 Å². The Morgan fingerprint density at radius 3 is 2.76 bits per heavy atom. The molecule has 4 nitrogen and oxygen atoms in total. The number of ether oxygens (including phenoxy) is 1. The second kappa shape index (κ2) is 7.84. The summed E-state index contributed by atoms with van der Waals surface area (Å²) in [7, 11) is 0. The Bertz CT molecular complexity index is 341. The molecule has 1 aromatic carbocycles. The van der Waals surface area contributed by atoms with E-state index in [4.69, 9.17) is 10.5 Å². The highest BCUT2D eigenvalue weighted by Gasteiger charge is 1.99. The zero-order valence-corrected chi connectivity index (χ0v) is 10.8. The summed E-state index contributed by atoms with van der Waals surface area (Å²) in [4.78, 5) is 11.1. The molecule has 94 valence electrons. The summed E-state index contributed by atoms with van der Waals surface area (Å²) >= 11 is 1.56. The number of hydrogen-bond donors (Lipinski definition) is 2. The molecule has 0 saturated carbocycles. The first-order valence-corrected chi connectivity index (χ1v) is 6.70. The van der Waals surface area contributed by atoms with Gasteiger partial charge in [0.25, 0.3) is 0 Å². The molecule has 0 spiro atoms. The summed E-state index contributed by atoms with van der Waals surface area (Å²) in [6, 6.07) is 7.28. The molecule has 0 atom stereocenters. The number of nitrogens with two attached hydrogens (primary N) is 1. The van der Waals surface area contributed by atoms with E-state index < -0.39 is 0 Å². The summed E-state index contributed by atoms with van der Waals surface area (Å²) in [5.74, 6) is 2.16. The van der Waals surface area contributed by atoms with E-state index in [1.54, 1.807) is 23.9 Å². The first-order chi connectivity index (χ1) is 8.22. The number of hydrogen-bond acceptors (Lipinski definition) is 4. The van der Waals surface area contributed by atoms with Crippen LogP contribution in [0.1, 0.15) is 6.92 Å². The summed E-state index contributed by atoms with van der Waals surface area (Å²) < 4.78 is 5.49. The number of rotatable bonds is 7. The third-order valence-corrected chi connectivity index (χ3v) is 2.91. The second-order valence-corrected chi connectivity index (χ2v) is 4.53. The predicted molar refractivity (Wildman–Crippen MR) is 72.4 cm³/mol. The van der Waals surface area contributed by atoms with Gasteiger partial charge < -0.3 is 15.8 Å². The van der Waals surface area contributed by atoms with E-state index in [0.717, 1.165) is 17.2 Å². The molecule has 0 bridgehead atoms. The minimum atomic E-state index is 0.0741. The summed E-state index contributed by atoms with van der Waals surface area (Å²) in [6.45, 7) is 3.18. The van der Waals surface area contributed by atoms with Gasteiger partial charge in [0.1, 0.15) is 5.75 Å². The molecule has 0 aliphatic carbocycles. The van der Waals surface area contributed by atoms with E-state index in [1.165, 1.54) is 0 Å². The molecule has 0 aliphatic rings. The smallest absolute Gasteiger partial charge is 0.229 e. The molecular formula is C12H18N2O2S. The average Bonchev–Trinajstić information content (AvgIpc) is 2.31. The topological polar surface area (TPSA) is 64.3 Å². The van der Waals surface area contributed by atoms with Crippen LogP contribution in [0.2, 0.25) is 0 Å². The molecule has 1 amide bonds. The molecule has 0 unspecified atom stereocenters. The number of nitrogen functional groups attached to an aromatic ring is 1. The molecule has 3 N–H and O–H groups in total. The van der Waals surface area contributed by atoms with E-state index in [0.29, 0.717) is 18.9 Å². The lowest BCUT2D eigenvalue weighted by Gasteiger charge is -2.06. The van der Waals surface area contributed by atoms with Crippen LogP contribution in [0.4, 0.5) is 5.69 Å². The highest BCUT2D eigenvalue weighted by Crippen LogP contribution is 2.13. The molecule has 0 saturated heterocycles. The van der Waals surface area contributed by atoms with Crippen LogP contribution in [-0.2, 0) is 4.79 Å². The van der Waals surface area contributed by atoms with Crippen molar-refractivity contribution in [3.63, 3.8) is 0 Å². The molecular weight excluding hydrogens is 236 g/mol. The number of benzene rings is 1. The standard InChI is InChI=1S/C12H18N2O2S/c1-2-14-12(15)9-17-8-7-16-11-5-3-10(13)4-6-11/h3-6H,2,7-9,13H2,1H3,(H,14,15). The van der Waals surface area contributed by atoms with Crippen molar-refractivity contribution in [1.29, 1.82) is 0 Å². The highest BCUT2D eigenvalue weighted by atomic mass is 32.2. The SMILES string of the molecule is CCNC(=O)CSCCOc1ccc(N)cc1. The maximum atomic E-state index is 11.1. The van der Waals surface area contributed by atoms with Crippen LogP contribution in [0.5, 0.6) is 5.75 Å². The van der Waals surface area contributed by atoms with Crippen molar-refractivity contribution >= 4 is 23.4 Å². The molecule has 0 aromatic heterocycles. The van der Waals surface area contributed by atoms with Gasteiger partial charge in [0.05, 0.1) is 12.4 Å². The van der Waals surface area contributed by atoms with E-state index in [1.807, 2.05) is 19.1 Å². The van der Waals surface area contributed by atoms with Crippen molar-refractivity contribution in [1.82, 2.24) is 5.32 Å². The van der Waals surface area contributed by atoms with Crippen molar-refractivity contribution in [3.8, 4) is 5.75 Å². The summed E-state index contributed by atoms with van der Waals surface area (Å²) in [6.07, 6.45) is 0. The maximum absolute atomic E-state index is 11.1. The van der Waals surface area contributed by atoms with Gasteiger partial charge in [-0.2, -0.15) is 0 Å². The number of thioether (sulfide) groups is 1. The zero-order valence-electron chi connectivity index (χ0n) is 9.94. The molecule has 0 heterocycles. The van der Waals surface area contributed by atoms with Crippen LogP contribution in [0, 0.1) is 0 Å². The highest BCUT2D eigenvalue weighted by molar-refractivity contribution is 7.99. The molecule has 1 aromatic rings. The fourth-order valence-corrected chi connectivity index (χ4v) is 1.83. The lowest BCUT2D eigenvalue weighted by atomic mass is 10.3. The lowest BCUT2D eigenvalue weighted by Crippen LogP contribution is -2.24. The quantitative estimate of drug-likeness (QED) is 0.572. The van der Waals surface area contributed by atoms with Gasteiger partial charge in [0.2, 0.25) is 5.91 Å². The minimum absolute atomic E-state index is 0.0741. The Balaban J connectivity index is 2.08. The third-order valence-electron chi connectivity index (χ3n) is 1.98. The van der Waals surface area contributed by atoms with Crippen molar-refractivity contribution < 1.29 is 9.53 Å². The minimum Gasteiger partial charge on any atom is -0.493 e. The fraction of sp³-hybridized carbons (Fsp3) is 0.417. The Morgan fingerprint density at radius 2 is 2.12 bits per heavy atom. The van der Waals surface area contributed by atoms with Crippen molar-refractivity contribution in [2.45, 2.75) is 6.92 Å². The first kappa shape index (κ1) is 13.7. The Morgan fingerprint density at radius 1 is 1.41 bits per heavy atom. The lowest BCUT2D eigenvalue weighted by molar-refractivity contribution is -0.118. The van der Waals surface area contributed by atoms with Gasteiger partial charge in [0.15, 0.2) is 0 Å². The van der Waals surface area contributed by atoms with Gasteiger partial charge in [-0.05, 0) is 31.2 Å². The number of carbonyl (C=O) groups is 1. The largest absolute Gasteiger partial charge is 0.493 e. The molecule has 0 aliphatic heterocycles. The van der Waals surface area contributed by atoms with Crippen LogP contribution < -0.4 is 15.8 Å². The van der Waals surface area contributed by atoms with Gasteiger partial charge in [-0.15, -0.1) is 11.8 Å². The Labute approximate surface area is 106 Å². The van der Waals surface area contributed by atoms with Crippen LogP contribution in [0.3, 0.4) is 0 Å². The number of anilines is 1. The van der Waals surface area contributed by atoms with E-state index in [2.05, 4.69) is 5.32 Å². The van der Waals surface area contributed by atoms with Crippen LogP contribution in [0.25, 0.3) is 0 Å². The van der Waals surface area contributed by atoms with Crippen molar-refractivity contribution in [2.24, 2.45) is 0 Å². The van der Waals surface area contributed by atoms with Gasteiger partial charge in [-0.1, -0.05) is 0 Å². The maximum Gasteiger partial charge on any atom is 0.229 e. The first-order valence-electron chi connectivity index (χ1n) is 5.55. The van der Waals surface area contributed by atoms with E-state index >= 15 is 0 Å². The number of amides is 1. The van der Waals surface area contributed by atoms with E-state index in [-0.39, 0.29) is 5.91 Å². The molecule has 0 fully saturated rings. The normalized spacial score (nSPS) is 9.94. The molecule has 5 heteroatoms. The summed E-state index contributed by atoms with van der Waals surface area (Å²) in [5.41, 5.74) is 6.29. The monoisotopic (exact) mass is 254 g/mol. The number of nitrogens with one attached hydrogen (secondary N) is 1. The fourth-order valence-electron chi connectivity index (χ4n) is 1.20. The van der Waals surface area contributed by atoms with Gasteiger partial charge >= 0.3 is 0 Å². The van der Waals surface area contributed by atoms with Crippen LogP contribution in [-0.4, -0.2) is 30.6 Å². The van der Waals surface area contributed by atoms with Gasteiger partial charge in [-0.25, -0.2) is 0 Å². The predicted octanol–water partition coefficient (Wildman–Crippen LogP) is 1.52. The van der Waals surface area contributed by atoms with E-state index in [9.17, 15) is 4.79 Å². The second-order valence-electron chi connectivity index (χ2n) is 3.42. The molecule has 17 heavy (non-hydrogen) atoms. The number of carbonyl (C=O) groups excluding carboxylic acids is 1. The third kappa shape index (κ3) is 6.06. The average molecular weight is 254 g/mol. The summed E-state index contributed by atoms with van der Waals surface area (Å²) in [5, 5.41) is 2.75. The molecule has 0 radical (unpaired) electrons. The van der Waals surface area contributed by atoms with Crippen molar-refractivity contribution in [2.75, 3.05) is 30.4 Å². The van der Waals surface area contributed by atoms with Crippen LogP contribution in [0.15, 0.2) is 24.3 Å². The van der Waals surface area contributed by atoms with Crippen LogP contribution >= 0.6 is 11.8 Å². The Kier molecular flexibility index (Phi) is 6.32. The van der Waals surface area contributed by atoms with Crippen molar-refractivity contribution in [3.05, 3.63) is 24.3 Å². The zero-order chi connectivity index (χ0) is 12.5. The Hall–Kier alpha value is -1.36. The van der Waals surface area contributed by atoms with Gasteiger partial charge in [-0.3, -0.25) is 4.79 Å².